The maximum Gasteiger partial charge on any atom is 0.0819 e. The van der Waals surface area contributed by atoms with Crippen LogP contribution in [-0.4, -0.2) is 9.78 Å². The van der Waals surface area contributed by atoms with Crippen molar-refractivity contribution in [3.8, 4) is 28.1 Å². The second-order valence-electron chi connectivity index (χ2n) is 5.89. The molecule has 3 aromatic carbocycles. The highest BCUT2D eigenvalue weighted by atomic mass is 15.3. The molecule has 4 rings (SSSR count). The number of aromatic nitrogens is 2. The van der Waals surface area contributed by atoms with Gasteiger partial charge in [0.05, 0.1) is 17.6 Å². The minimum Gasteiger partial charge on any atom is -0.232 e. The summed E-state index contributed by atoms with van der Waals surface area (Å²) in [6, 6.07) is 29.3. The van der Waals surface area contributed by atoms with E-state index in [-0.39, 0.29) is 0 Å². The second-order valence-corrected chi connectivity index (χ2v) is 5.89. The molecule has 0 spiro atoms. The number of nitrogens with zero attached hydrogens (tertiary/aromatic N) is 2. The van der Waals surface area contributed by atoms with E-state index in [0.29, 0.717) is 0 Å². The Hall–Kier alpha value is -3.13. The summed E-state index contributed by atoms with van der Waals surface area (Å²) >= 11 is 0. The fraction of sp³-hybridized carbons (Fsp3) is 0.0455. The standard InChI is InChI=1S/C22H18N2/c1-17-12-14-20(15-13-17)24-22(19-10-6-3-7-11-19)21(16-23-24)18-8-4-2-5-9-18/h2-16H,1H3. The molecule has 1 heterocycles. The van der Waals surface area contributed by atoms with E-state index in [1.165, 1.54) is 11.1 Å². The number of benzene rings is 3. The van der Waals surface area contributed by atoms with Crippen LogP contribution in [0.1, 0.15) is 5.56 Å². The van der Waals surface area contributed by atoms with Crippen molar-refractivity contribution < 1.29 is 0 Å². The monoisotopic (exact) mass is 310 g/mol. The Balaban J connectivity index is 1.95. The van der Waals surface area contributed by atoms with Crippen molar-refractivity contribution in [2.24, 2.45) is 0 Å². The van der Waals surface area contributed by atoms with Crippen LogP contribution in [-0.2, 0) is 0 Å². The van der Waals surface area contributed by atoms with E-state index in [4.69, 9.17) is 0 Å². The van der Waals surface area contributed by atoms with E-state index in [1.54, 1.807) is 0 Å². The van der Waals surface area contributed by atoms with Crippen molar-refractivity contribution in [3.05, 3.63) is 96.7 Å². The second kappa shape index (κ2) is 6.17. The summed E-state index contributed by atoms with van der Waals surface area (Å²) in [5.74, 6) is 0. The summed E-state index contributed by atoms with van der Waals surface area (Å²) in [6.07, 6.45) is 1.96. The van der Waals surface area contributed by atoms with E-state index in [1.807, 2.05) is 23.0 Å². The van der Waals surface area contributed by atoms with Gasteiger partial charge in [0.1, 0.15) is 0 Å². The first-order valence-corrected chi connectivity index (χ1v) is 8.09. The van der Waals surface area contributed by atoms with Gasteiger partial charge in [-0.25, -0.2) is 4.68 Å². The van der Waals surface area contributed by atoms with E-state index in [9.17, 15) is 0 Å². The van der Waals surface area contributed by atoms with Crippen LogP contribution in [0.15, 0.2) is 91.1 Å². The number of rotatable bonds is 3. The van der Waals surface area contributed by atoms with Gasteiger partial charge in [0.15, 0.2) is 0 Å². The first-order valence-electron chi connectivity index (χ1n) is 8.09. The van der Waals surface area contributed by atoms with E-state index in [2.05, 4.69) is 84.8 Å². The molecule has 0 saturated carbocycles. The van der Waals surface area contributed by atoms with Gasteiger partial charge in [-0.3, -0.25) is 0 Å². The zero-order chi connectivity index (χ0) is 16.4. The molecule has 0 aliphatic carbocycles. The van der Waals surface area contributed by atoms with Crippen LogP contribution in [0.4, 0.5) is 0 Å². The molecule has 0 saturated heterocycles. The highest BCUT2D eigenvalue weighted by Gasteiger charge is 2.15. The van der Waals surface area contributed by atoms with Gasteiger partial charge in [0.25, 0.3) is 0 Å². The lowest BCUT2D eigenvalue weighted by molar-refractivity contribution is 0.887. The Morgan fingerprint density at radius 3 is 1.88 bits per heavy atom. The van der Waals surface area contributed by atoms with Gasteiger partial charge in [-0.05, 0) is 24.6 Å². The maximum atomic E-state index is 4.69. The van der Waals surface area contributed by atoms with Gasteiger partial charge in [0.2, 0.25) is 0 Å². The van der Waals surface area contributed by atoms with Crippen molar-refractivity contribution in [1.29, 1.82) is 0 Å². The fourth-order valence-electron chi connectivity index (χ4n) is 2.93. The third kappa shape index (κ3) is 2.63. The molecule has 1 aromatic heterocycles. The predicted octanol–water partition coefficient (Wildman–Crippen LogP) is 5.51. The molecule has 4 aromatic rings. The van der Waals surface area contributed by atoms with E-state index >= 15 is 0 Å². The van der Waals surface area contributed by atoms with Gasteiger partial charge in [0, 0.05) is 11.1 Å². The minimum absolute atomic E-state index is 1.07. The molecule has 0 atom stereocenters. The van der Waals surface area contributed by atoms with Crippen molar-refractivity contribution in [3.63, 3.8) is 0 Å². The van der Waals surface area contributed by atoms with E-state index in [0.717, 1.165) is 22.5 Å². The largest absolute Gasteiger partial charge is 0.232 e. The molecule has 2 nitrogen and oxygen atoms in total. The topological polar surface area (TPSA) is 17.8 Å². The fourth-order valence-corrected chi connectivity index (χ4v) is 2.93. The molecular weight excluding hydrogens is 292 g/mol. The molecule has 0 amide bonds. The Morgan fingerprint density at radius 2 is 1.25 bits per heavy atom. The van der Waals surface area contributed by atoms with E-state index < -0.39 is 0 Å². The van der Waals surface area contributed by atoms with Gasteiger partial charge in [-0.1, -0.05) is 78.4 Å². The smallest absolute Gasteiger partial charge is 0.0819 e. The third-order valence-corrected chi connectivity index (χ3v) is 4.18. The Kier molecular flexibility index (Phi) is 3.72. The Morgan fingerprint density at radius 1 is 0.667 bits per heavy atom. The molecule has 0 aliphatic rings. The quantitative estimate of drug-likeness (QED) is 0.487. The molecule has 0 bridgehead atoms. The van der Waals surface area contributed by atoms with Crippen LogP contribution in [0.3, 0.4) is 0 Å². The average molecular weight is 310 g/mol. The highest BCUT2D eigenvalue weighted by molar-refractivity contribution is 5.81. The minimum atomic E-state index is 1.07. The summed E-state index contributed by atoms with van der Waals surface area (Å²) in [5, 5.41) is 4.69. The number of aryl methyl sites for hydroxylation is 1. The molecule has 0 fully saturated rings. The van der Waals surface area contributed by atoms with Gasteiger partial charge >= 0.3 is 0 Å². The zero-order valence-corrected chi connectivity index (χ0v) is 13.6. The maximum absolute atomic E-state index is 4.69. The lowest BCUT2D eigenvalue weighted by atomic mass is 10.0. The van der Waals surface area contributed by atoms with Gasteiger partial charge in [-0.15, -0.1) is 0 Å². The summed E-state index contributed by atoms with van der Waals surface area (Å²) in [6.45, 7) is 2.10. The summed E-state index contributed by atoms with van der Waals surface area (Å²) < 4.78 is 2.02. The number of hydrogen-bond donors (Lipinski definition) is 0. The lowest BCUT2D eigenvalue weighted by Gasteiger charge is -2.11. The Labute approximate surface area is 142 Å². The first-order chi connectivity index (χ1) is 11.8. The van der Waals surface area contributed by atoms with Crippen LogP contribution >= 0.6 is 0 Å². The molecule has 0 aliphatic heterocycles. The van der Waals surface area contributed by atoms with Crippen molar-refractivity contribution in [2.75, 3.05) is 0 Å². The molecule has 0 unspecified atom stereocenters. The Bertz CT molecular complexity index is 936. The summed E-state index contributed by atoms with van der Waals surface area (Å²) in [7, 11) is 0. The third-order valence-electron chi connectivity index (χ3n) is 4.18. The zero-order valence-electron chi connectivity index (χ0n) is 13.6. The molecule has 2 heteroatoms. The normalized spacial score (nSPS) is 10.7. The first kappa shape index (κ1) is 14.5. The van der Waals surface area contributed by atoms with Gasteiger partial charge in [-0.2, -0.15) is 5.10 Å². The molecule has 24 heavy (non-hydrogen) atoms. The van der Waals surface area contributed by atoms with Crippen LogP contribution in [0, 0.1) is 6.92 Å². The van der Waals surface area contributed by atoms with Crippen molar-refractivity contribution >= 4 is 0 Å². The van der Waals surface area contributed by atoms with Crippen LogP contribution in [0.25, 0.3) is 28.1 Å². The highest BCUT2D eigenvalue weighted by Crippen LogP contribution is 2.33. The molecule has 0 radical (unpaired) electrons. The van der Waals surface area contributed by atoms with Gasteiger partial charge < -0.3 is 0 Å². The SMILES string of the molecule is Cc1ccc(-n2ncc(-c3ccccc3)c2-c2ccccc2)cc1. The molecule has 116 valence electrons. The number of hydrogen-bond acceptors (Lipinski definition) is 1. The van der Waals surface area contributed by atoms with Crippen LogP contribution < -0.4 is 0 Å². The average Bonchev–Trinajstić information content (AvgIpc) is 3.09. The van der Waals surface area contributed by atoms with Crippen molar-refractivity contribution in [1.82, 2.24) is 9.78 Å². The van der Waals surface area contributed by atoms with Crippen LogP contribution in [0.5, 0.6) is 0 Å². The summed E-state index contributed by atoms with van der Waals surface area (Å²) in [5.41, 5.74) is 6.91. The summed E-state index contributed by atoms with van der Waals surface area (Å²) in [4.78, 5) is 0. The van der Waals surface area contributed by atoms with Crippen LogP contribution in [0.2, 0.25) is 0 Å². The molecular formula is C22H18N2. The predicted molar refractivity (Wildman–Crippen MR) is 99.2 cm³/mol. The lowest BCUT2D eigenvalue weighted by Crippen LogP contribution is -1.99. The van der Waals surface area contributed by atoms with Crippen molar-refractivity contribution in [2.45, 2.75) is 6.92 Å². The molecule has 0 N–H and O–H groups in total.